The van der Waals surface area contributed by atoms with Crippen molar-refractivity contribution in [2.24, 2.45) is 11.1 Å². The minimum absolute atomic E-state index is 0.0343. The molecular weight excluding hydrogens is 344 g/mol. The van der Waals surface area contributed by atoms with Crippen molar-refractivity contribution in [1.29, 1.82) is 0 Å². The summed E-state index contributed by atoms with van der Waals surface area (Å²) in [6.45, 7) is 2.94. The van der Waals surface area contributed by atoms with Gasteiger partial charge in [0.1, 0.15) is 0 Å². The Morgan fingerprint density at radius 2 is 1.93 bits per heavy atom. The number of ketones is 1. The van der Waals surface area contributed by atoms with Gasteiger partial charge in [-0.1, -0.05) is 12.1 Å². The van der Waals surface area contributed by atoms with E-state index in [0.717, 1.165) is 43.7 Å². The van der Waals surface area contributed by atoms with Crippen molar-refractivity contribution >= 4 is 11.5 Å². The maximum absolute atomic E-state index is 12.7. The van der Waals surface area contributed by atoms with E-state index in [1.807, 2.05) is 0 Å². The summed E-state index contributed by atoms with van der Waals surface area (Å²) in [6.07, 6.45) is 3.93. The van der Waals surface area contributed by atoms with Crippen LogP contribution in [-0.4, -0.2) is 42.4 Å². The van der Waals surface area contributed by atoms with Crippen molar-refractivity contribution in [3.63, 3.8) is 0 Å². The maximum atomic E-state index is 12.7. The first-order valence-corrected chi connectivity index (χ1v) is 9.64. The molecule has 1 aromatic rings. The predicted octanol–water partition coefficient (Wildman–Crippen LogP) is 3.48. The second kappa shape index (κ2) is 6.91. The van der Waals surface area contributed by atoms with Crippen molar-refractivity contribution in [3.05, 3.63) is 34.5 Å². The second-order valence-electron chi connectivity index (χ2n) is 7.39. The molecule has 0 saturated heterocycles. The molecule has 0 spiro atoms. The van der Waals surface area contributed by atoms with E-state index in [2.05, 4.69) is 29.1 Å². The molecule has 0 bridgehead atoms. The van der Waals surface area contributed by atoms with Crippen LogP contribution in [0.2, 0.25) is 0 Å². The normalized spacial score (nSPS) is 25.8. The number of carbonyl (C=O) groups is 1. The number of benzene rings is 1. The number of oxime groups is 1. The molecule has 3 aliphatic rings. The molecule has 0 radical (unpaired) electrons. The topological polar surface area (TPSA) is 71.4 Å². The lowest BCUT2D eigenvalue weighted by Crippen LogP contribution is -2.48. The number of allylic oxidation sites excluding steroid dienone is 2. The standard InChI is InChI=1S/C21H26N2O4/c1-4-13-20(22-25)19-15(6-5-7-16(19)24)23-9-8-12-10-17(26-2)18(27-3)11-14(12)21(13)23/h10-11,13,21,25H,4-9H2,1-3H3/b22-20+/t13-,21+/m0/s1. The van der Waals surface area contributed by atoms with E-state index in [9.17, 15) is 10.0 Å². The molecule has 0 aromatic heterocycles. The molecule has 0 fully saturated rings. The van der Waals surface area contributed by atoms with Crippen LogP contribution in [0.25, 0.3) is 0 Å². The van der Waals surface area contributed by atoms with Gasteiger partial charge in [-0.15, -0.1) is 0 Å². The van der Waals surface area contributed by atoms with Gasteiger partial charge in [0.15, 0.2) is 17.3 Å². The molecule has 27 heavy (non-hydrogen) atoms. The number of ether oxygens (including phenoxy) is 2. The molecule has 0 saturated carbocycles. The number of hydrogen-bond donors (Lipinski definition) is 1. The van der Waals surface area contributed by atoms with Crippen LogP contribution in [0.3, 0.4) is 0 Å². The van der Waals surface area contributed by atoms with E-state index in [1.54, 1.807) is 14.2 Å². The van der Waals surface area contributed by atoms with Crippen LogP contribution in [-0.2, 0) is 11.2 Å². The fourth-order valence-electron chi connectivity index (χ4n) is 4.99. The summed E-state index contributed by atoms with van der Waals surface area (Å²) in [5.74, 6) is 1.51. The van der Waals surface area contributed by atoms with Gasteiger partial charge >= 0.3 is 0 Å². The first-order valence-electron chi connectivity index (χ1n) is 9.64. The van der Waals surface area contributed by atoms with Crippen molar-refractivity contribution in [2.45, 2.75) is 45.1 Å². The number of carbonyl (C=O) groups excluding carboxylic acids is 1. The van der Waals surface area contributed by atoms with Crippen molar-refractivity contribution in [2.75, 3.05) is 20.8 Å². The summed E-state index contributed by atoms with van der Waals surface area (Å²) in [5, 5.41) is 13.4. The van der Waals surface area contributed by atoms with Gasteiger partial charge in [-0.25, -0.2) is 0 Å². The fourth-order valence-corrected chi connectivity index (χ4v) is 4.99. The minimum Gasteiger partial charge on any atom is -0.493 e. The SMILES string of the molecule is CC[C@H]1/C(=N\O)C2=C(CCCC2=O)N2CCc3cc(OC)c(OC)cc3[C@@H]12. The Labute approximate surface area is 159 Å². The van der Waals surface area contributed by atoms with Crippen LogP contribution >= 0.6 is 0 Å². The highest BCUT2D eigenvalue weighted by Gasteiger charge is 2.46. The fraction of sp³-hybridized carbons (Fsp3) is 0.524. The first kappa shape index (κ1) is 17.9. The molecule has 0 amide bonds. The number of methoxy groups -OCH3 is 2. The monoisotopic (exact) mass is 370 g/mol. The summed E-state index contributed by atoms with van der Waals surface area (Å²) < 4.78 is 11.0. The largest absolute Gasteiger partial charge is 0.493 e. The average Bonchev–Trinajstić information content (AvgIpc) is 2.71. The van der Waals surface area contributed by atoms with Gasteiger partial charge in [-0.2, -0.15) is 0 Å². The van der Waals surface area contributed by atoms with Crippen LogP contribution in [0.4, 0.5) is 0 Å². The lowest BCUT2D eigenvalue weighted by atomic mass is 9.72. The number of hydrogen-bond acceptors (Lipinski definition) is 6. The zero-order chi connectivity index (χ0) is 19.1. The number of rotatable bonds is 3. The molecule has 2 heterocycles. The third-order valence-electron chi connectivity index (χ3n) is 6.19. The second-order valence-corrected chi connectivity index (χ2v) is 7.39. The molecule has 2 aliphatic heterocycles. The quantitative estimate of drug-likeness (QED) is 0.651. The summed E-state index contributed by atoms with van der Waals surface area (Å²) in [7, 11) is 3.29. The Balaban J connectivity index is 1.91. The molecule has 144 valence electrons. The zero-order valence-corrected chi connectivity index (χ0v) is 16.1. The van der Waals surface area contributed by atoms with Crippen molar-refractivity contribution < 1.29 is 19.5 Å². The Morgan fingerprint density at radius 3 is 2.59 bits per heavy atom. The highest BCUT2D eigenvalue weighted by molar-refractivity contribution is 6.24. The van der Waals surface area contributed by atoms with E-state index in [0.29, 0.717) is 23.5 Å². The number of fused-ring (bicyclic) bond motifs is 4. The van der Waals surface area contributed by atoms with E-state index in [1.165, 1.54) is 11.1 Å². The van der Waals surface area contributed by atoms with Crippen LogP contribution < -0.4 is 9.47 Å². The van der Waals surface area contributed by atoms with E-state index in [4.69, 9.17) is 9.47 Å². The van der Waals surface area contributed by atoms with E-state index >= 15 is 0 Å². The summed E-state index contributed by atoms with van der Waals surface area (Å²) in [6, 6.07) is 4.16. The summed E-state index contributed by atoms with van der Waals surface area (Å²) in [5.41, 5.74) is 4.68. The Kier molecular flexibility index (Phi) is 4.58. The highest BCUT2D eigenvalue weighted by Crippen LogP contribution is 2.49. The Hall–Kier alpha value is -2.50. The molecule has 1 N–H and O–H groups in total. The lowest BCUT2D eigenvalue weighted by molar-refractivity contribution is -0.116. The lowest BCUT2D eigenvalue weighted by Gasteiger charge is -2.49. The Bertz CT molecular complexity index is 843. The van der Waals surface area contributed by atoms with Gasteiger partial charge in [-0.05, 0) is 48.9 Å². The number of Topliss-reactive ketones (excluding diaryl/α,β-unsaturated/α-hetero) is 1. The van der Waals surface area contributed by atoms with Crippen LogP contribution in [0.5, 0.6) is 11.5 Å². The van der Waals surface area contributed by atoms with Gasteiger partial charge in [0, 0.05) is 24.6 Å². The average molecular weight is 370 g/mol. The molecule has 1 aliphatic carbocycles. The van der Waals surface area contributed by atoms with Crippen molar-refractivity contribution in [1.82, 2.24) is 4.90 Å². The molecule has 2 atom stereocenters. The maximum Gasteiger partial charge on any atom is 0.166 e. The highest BCUT2D eigenvalue weighted by atomic mass is 16.5. The Morgan fingerprint density at radius 1 is 1.19 bits per heavy atom. The van der Waals surface area contributed by atoms with Gasteiger partial charge in [0.05, 0.1) is 31.5 Å². The van der Waals surface area contributed by atoms with Crippen LogP contribution in [0.15, 0.2) is 28.6 Å². The molecule has 6 heteroatoms. The molecule has 6 nitrogen and oxygen atoms in total. The smallest absolute Gasteiger partial charge is 0.166 e. The van der Waals surface area contributed by atoms with Gasteiger partial charge in [0.25, 0.3) is 0 Å². The first-order chi connectivity index (χ1) is 13.1. The minimum atomic E-state index is -0.0343. The molecule has 0 unspecified atom stereocenters. The van der Waals surface area contributed by atoms with Crippen LogP contribution in [0, 0.1) is 5.92 Å². The number of nitrogens with zero attached hydrogens (tertiary/aromatic N) is 2. The predicted molar refractivity (Wildman–Crippen MR) is 102 cm³/mol. The van der Waals surface area contributed by atoms with Gasteiger partial charge in [0.2, 0.25) is 0 Å². The van der Waals surface area contributed by atoms with E-state index < -0.39 is 0 Å². The van der Waals surface area contributed by atoms with Gasteiger partial charge < -0.3 is 19.6 Å². The third-order valence-corrected chi connectivity index (χ3v) is 6.19. The summed E-state index contributed by atoms with van der Waals surface area (Å²) >= 11 is 0. The van der Waals surface area contributed by atoms with Gasteiger partial charge in [-0.3, -0.25) is 4.79 Å². The molecule has 1 aromatic carbocycles. The molecule has 4 rings (SSSR count). The zero-order valence-electron chi connectivity index (χ0n) is 16.1. The van der Waals surface area contributed by atoms with Crippen LogP contribution in [0.1, 0.15) is 49.8 Å². The third kappa shape index (κ3) is 2.61. The summed E-state index contributed by atoms with van der Waals surface area (Å²) in [4.78, 5) is 15.0. The van der Waals surface area contributed by atoms with Crippen molar-refractivity contribution in [3.8, 4) is 11.5 Å². The van der Waals surface area contributed by atoms with E-state index in [-0.39, 0.29) is 17.7 Å². The molecular formula is C21H26N2O4.